The standard InChI is InChI=1S/C14H13ClN6/c15-11-5-3-10(4-6-11)12-2-1-9-20(12)14-8-7-13-16-18-19-21(13)17-14/h3-8,12H,1-2,9H2. The Kier molecular flexibility index (Phi) is 2.96. The third-order valence-electron chi connectivity index (χ3n) is 3.86. The summed E-state index contributed by atoms with van der Waals surface area (Å²) in [6.07, 6.45) is 2.25. The molecule has 1 fully saturated rings. The van der Waals surface area contributed by atoms with E-state index >= 15 is 0 Å². The van der Waals surface area contributed by atoms with Crippen molar-refractivity contribution < 1.29 is 0 Å². The molecule has 21 heavy (non-hydrogen) atoms. The van der Waals surface area contributed by atoms with Crippen LogP contribution in [0.3, 0.4) is 0 Å². The topological polar surface area (TPSA) is 59.2 Å². The van der Waals surface area contributed by atoms with E-state index in [1.54, 1.807) is 0 Å². The second-order valence-electron chi connectivity index (χ2n) is 5.12. The SMILES string of the molecule is Clc1ccc(C2CCCN2c2ccc3nnnn3n2)cc1. The van der Waals surface area contributed by atoms with Crippen molar-refractivity contribution in [1.82, 2.24) is 25.3 Å². The second kappa shape index (κ2) is 4.96. The molecule has 1 aliphatic heterocycles. The zero-order valence-electron chi connectivity index (χ0n) is 11.2. The second-order valence-corrected chi connectivity index (χ2v) is 5.56. The molecule has 3 heterocycles. The van der Waals surface area contributed by atoms with E-state index in [2.05, 4.69) is 37.7 Å². The maximum atomic E-state index is 5.97. The molecule has 0 radical (unpaired) electrons. The Bertz CT molecular complexity index is 768. The average Bonchev–Trinajstić information content (AvgIpc) is 3.16. The van der Waals surface area contributed by atoms with Crippen molar-refractivity contribution >= 4 is 23.1 Å². The van der Waals surface area contributed by atoms with Gasteiger partial charge in [-0.3, -0.25) is 0 Å². The summed E-state index contributed by atoms with van der Waals surface area (Å²) in [5.41, 5.74) is 1.91. The maximum absolute atomic E-state index is 5.97. The van der Waals surface area contributed by atoms with Crippen molar-refractivity contribution in [3.8, 4) is 0 Å². The largest absolute Gasteiger partial charge is 0.348 e. The summed E-state index contributed by atoms with van der Waals surface area (Å²) in [4.78, 5) is 2.30. The van der Waals surface area contributed by atoms with Crippen molar-refractivity contribution in [2.45, 2.75) is 18.9 Å². The Balaban J connectivity index is 1.70. The number of nitrogens with zero attached hydrogens (tertiary/aromatic N) is 6. The first-order valence-corrected chi connectivity index (χ1v) is 7.26. The van der Waals surface area contributed by atoms with Gasteiger partial charge >= 0.3 is 0 Å². The van der Waals surface area contributed by atoms with E-state index < -0.39 is 0 Å². The molecular formula is C14H13ClN6. The Labute approximate surface area is 126 Å². The lowest BCUT2D eigenvalue weighted by molar-refractivity contribution is 0.679. The normalized spacial score (nSPS) is 18.5. The lowest BCUT2D eigenvalue weighted by atomic mass is 10.0. The zero-order chi connectivity index (χ0) is 14.2. The number of fused-ring (bicyclic) bond motifs is 1. The maximum Gasteiger partial charge on any atom is 0.200 e. The van der Waals surface area contributed by atoms with Crippen molar-refractivity contribution in [2.75, 3.05) is 11.4 Å². The van der Waals surface area contributed by atoms with E-state index in [0.717, 1.165) is 30.2 Å². The molecule has 106 valence electrons. The van der Waals surface area contributed by atoms with E-state index in [1.807, 2.05) is 24.3 Å². The molecule has 0 aliphatic carbocycles. The summed E-state index contributed by atoms with van der Waals surface area (Å²) in [7, 11) is 0. The highest BCUT2D eigenvalue weighted by molar-refractivity contribution is 6.30. The van der Waals surface area contributed by atoms with Crippen molar-refractivity contribution in [3.05, 3.63) is 47.0 Å². The van der Waals surface area contributed by atoms with Crippen molar-refractivity contribution in [1.29, 1.82) is 0 Å². The van der Waals surface area contributed by atoms with Crippen LogP contribution in [0.5, 0.6) is 0 Å². The quantitative estimate of drug-likeness (QED) is 0.728. The molecule has 4 rings (SSSR count). The number of aromatic nitrogens is 5. The summed E-state index contributed by atoms with van der Waals surface area (Å²) in [5.74, 6) is 0.896. The van der Waals surface area contributed by atoms with Gasteiger partial charge in [-0.15, -0.1) is 14.8 Å². The molecule has 0 spiro atoms. The molecule has 2 aromatic heterocycles. The molecule has 6 nitrogen and oxygen atoms in total. The summed E-state index contributed by atoms with van der Waals surface area (Å²) in [6.45, 7) is 0.980. The molecule has 1 saturated heterocycles. The fourth-order valence-electron chi connectivity index (χ4n) is 2.87. The molecule has 1 atom stereocenters. The first-order chi connectivity index (χ1) is 10.3. The molecule has 7 heteroatoms. The summed E-state index contributed by atoms with van der Waals surface area (Å²) in [6, 6.07) is 12.2. The molecule has 1 aromatic carbocycles. The fourth-order valence-corrected chi connectivity index (χ4v) is 2.99. The first kappa shape index (κ1) is 12.5. The van der Waals surface area contributed by atoms with Gasteiger partial charge in [-0.05, 0) is 53.1 Å². The first-order valence-electron chi connectivity index (χ1n) is 6.89. The van der Waals surface area contributed by atoms with E-state index in [1.165, 1.54) is 10.2 Å². The van der Waals surface area contributed by atoms with E-state index in [4.69, 9.17) is 11.6 Å². The summed E-state index contributed by atoms with van der Waals surface area (Å²) >= 11 is 5.97. The molecule has 0 N–H and O–H groups in total. The van der Waals surface area contributed by atoms with Gasteiger partial charge in [0.15, 0.2) is 11.5 Å². The van der Waals surface area contributed by atoms with Crippen LogP contribution in [0.15, 0.2) is 36.4 Å². The third kappa shape index (κ3) is 2.21. The highest BCUT2D eigenvalue weighted by Gasteiger charge is 2.27. The molecular weight excluding hydrogens is 288 g/mol. The van der Waals surface area contributed by atoms with Gasteiger partial charge in [0.2, 0.25) is 0 Å². The van der Waals surface area contributed by atoms with Crippen LogP contribution in [0.25, 0.3) is 5.65 Å². The minimum Gasteiger partial charge on any atom is -0.348 e. The van der Waals surface area contributed by atoms with Gasteiger partial charge in [0.25, 0.3) is 0 Å². The molecule has 1 aliphatic rings. The minimum atomic E-state index is 0.323. The minimum absolute atomic E-state index is 0.323. The molecule has 3 aromatic rings. The van der Waals surface area contributed by atoms with Crippen LogP contribution < -0.4 is 4.90 Å². The Morgan fingerprint density at radius 1 is 1.10 bits per heavy atom. The zero-order valence-corrected chi connectivity index (χ0v) is 12.0. The number of rotatable bonds is 2. The van der Waals surface area contributed by atoms with Gasteiger partial charge in [-0.1, -0.05) is 23.7 Å². The fraction of sp³-hybridized carbons (Fsp3) is 0.286. The van der Waals surface area contributed by atoms with Crippen molar-refractivity contribution in [3.63, 3.8) is 0 Å². The molecule has 0 bridgehead atoms. The highest BCUT2D eigenvalue weighted by Crippen LogP contribution is 2.35. The van der Waals surface area contributed by atoms with Crippen molar-refractivity contribution in [2.24, 2.45) is 0 Å². The van der Waals surface area contributed by atoms with E-state index in [0.29, 0.717) is 11.7 Å². The highest BCUT2D eigenvalue weighted by atomic mass is 35.5. The number of tetrazole rings is 1. The summed E-state index contributed by atoms with van der Waals surface area (Å²) in [5, 5.41) is 16.6. The molecule has 0 amide bonds. The monoisotopic (exact) mass is 300 g/mol. The summed E-state index contributed by atoms with van der Waals surface area (Å²) < 4.78 is 1.46. The van der Waals surface area contributed by atoms with Gasteiger partial charge in [-0.2, -0.15) is 0 Å². The van der Waals surface area contributed by atoms with Crippen LogP contribution in [-0.4, -0.2) is 31.8 Å². The average molecular weight is 301 g/mol. The number of halogens is 1. The van der Waals surface area contributed by atoms with Crippen LogP contribution in [0, 0.1) is 0 Å². The Hall–Kier alpha value is -2.21. The third-order valence-corrected chi connectivity index (χ3v) is 4.11. The predicted molar refractivity (Wildman–Crippen MR) is 79.4 cm³/mol. The Morgan fingerprint density at radius 2 is 1.95 bits per heavy atom. The van der Waals surface area contributed by atoms with Crippen LogP contribution in [0.2, 0.25) is 5.02 Å². The van der Waals surface area contributed by atoms with E-state index in [-0.39, 0.29) is 0 Å². The number of anilines is 1. The number of hydrogen-bond acceptors (Lipinski definition) is 5. The van der Waals surface area contributed by atoms with Gasteiger partial charge in [-0.25, -0.2) is 0 Å². The van der Waals surface area contributed by atoms with Gasteiger partial charge in [0.05, 0.1) is 6.04 Å². The molecule has 1 unspecified atom stereocenters. The number of hydrogen-bond donors (Lipinski definition) is 0. The van der Waals surface area contributed by atoms with Crippen LogP contribution in [0.4, 0.5) is 5.82 Å². The lowest BCUT2D eigenvalue weighted by Crippen LogP contribution is -2.24. The van der Waals surface area contributed by atoms with Gasteiger partial charge in [0, 0.05) is 11.6 Å². The van der Waals surface area contributed by atoms with Crippen LogP contribution in [-0.2, 0) is 0 Å². The Morgan fingerprint density at radius 3 is 2.81 bits per heavy atom. The predicted octanol–water partition coefficient (Wildman–Crippen LogP) is 2.51. The van der Waals surface area contributed by atoms with Gasteiger partial charge < -0.3 is 4.90 Å². The van der Waals surface area contributed by atoms with Crippen LogP contribution >= 0.6 is 11.6 Å². The molecule has 0 saturated carbocycles. The number of benzene rings is 1. The van der Waals surface area contributed by atoms with Gasteiger partial charge in [0.1, 0.15) is 0 Å². The van der Waals surface area contributed by atoms with Crippen LogP contribution in [0.1, 0.15) is 24.4 Å². The smallest absolute Gasteiger partial charge is 0.200 e. The van der Waals surface area contributed by atoms with E-state index in [9.17, 15) is 0 Å². The lowest BCUT2D eigenvalue weighted by Gasteiger charge is -2.25.